The summed E-state index contributed by atoms with van der Waals surface area (Å²) in [4.78, 5) is 0. The molecule has 4 saturated heterocycles. The van der Waals surface area contributed by atoms with Crippen molar-refractivity contribution in [1.29, 1.82) is 0 Å². The lowest BCUT2D eigenvalue weighted by Gasteiger charge is -2.48. The van der Waals surface area contributed by atoms with Gasteiger partial charge in [0.05, 0.1) is 13.2 Å². The number of epoxide rings is 1. The van der Waals surface area contributed by atoms with Crippen LogP contribution in [0, 0.1) is 0 Å². The highest BCUT2D eigenvalue weighted by Gasteiger charge is 2.95. The SMILES string of the molecule is CC1(C)OC[C@@H]([C@@]23OC(C)(C)[C@]2([C@@H]2COC(C)(C)O2)O3)O1. The van der Waals surface area contributed by atoms with E-state index in [1.807, 2.05) is 41.5 Å². The Morgan fingerprint density at radius 1 is 0.714 bits per heavy atom. The Bertz CT molecular complexity index is 487. The first-order chi connectivity index (χ1) is 9.54. The lowest BCUT2D eigenvalue weighted by atomic mass is 9.73. The normalized spacial score (nSPS) is 52.3. The Morgan fingerprint density at radius 2 is 1.24 bits per heavy atom. The first-order valence-electron chi connectivity index (χ1n) is 7.58. The summed E-state index contributed by atoms with van der Waals surface area (Å²) in [6.07, 6.45) is -0.406. The summed E-state index contributed by atoms with van der Waals surface area (Å²) in [6, 6.07) is 0. The molecule has 4 fully saturated rings. The highest BCUT2D eigenvalue weighted by atomic mass is 16.9. The predicted octanol–water partition coefficient (Wildman–Crippen LogP) is 1.56. The van der Waals surface area contributed by atoms with Crippen molar-refractivity contribution >= 4 is 0 Å². The maximum atomic E-state index is 6.14. The minimum absolute atomic E-state index is 0.163. The van der Waals surface area contributed by atoms with Crippen molar-refractivity contribution in [3.8, 4) is 0 Å². The van der Waals surface area contributed by atoms with Crippen LogP contribution < -0.4 is 0 Å². The lowest BCUT2D eigenvalue weighted by Crippen LogP contribution is -2.70. The molecule has 0 radical (unpaired) electrons. The quantitative estimate of drug-likeness (QED) is 0.721. The van der Waals surface area contributed by atoms with E-state index < -0.39 is 28.6 Å². The summed E-state index contributed by atoms with van der Waals surface area (Å²) in [5, 5.41) is 0. The van der Waals surface area contributed by atoms with Crippen LogP contribution >= 0.6 is 0 Å². The second kappa shape index (κ2) is 3.63. The van der Waals surface area contributed by atoms with Gasteiger partial charge >= 0.3 is 0 Å². The summed E-state index contributed by atoms with van der Waals surface area (Å²) >= 11 is 0. The fourth-order valence-corrected chi connectivity index (χ4v) is 4.07. The van der Waals surface area contributed by atoms with Gasteiger partial charge in [-0.3, -0.25) is 0 Å². The Kier molecular flexibility index (Phi) is 2.48. The first-order valence-corrected chi connectivity index (χ1v) is 7.58. The van der Waals surface area contributed by atoms with Gasteiger partial charge in [-0.25, -0.2) is 0 Å². The van der Waals surface area contributed by atoms with Crippen LogP contribution in [-0.4, -0.2) is 54.0 Å². The van der Waals surface area contributed by atoms with Crippen LogP contribution in [-0.2, 0) is 28.4 Å². The van der Waals surface area contributed by atoms with Crippen LogP contribution in [0.4, 0.5) is 0 Å². The molecule has 6 heteroatoms. The van der Waals surface area contributed by atoms with Gasteiger partial charge in [0.25, 0.3) is 0 Å². The maximum Gasteiger partial charge on any atom is 0.234 e. The second-order valence-electron chi connectivity index (χ2n) is 7.75. The van der Waals surface area contributed by atoms with Crippen LogP contribution in [0.25, 0.3) is 0 Å². The van der Waals surface area contributed by atoms with Gasteiger partial charge < -0.3 is 28.4 Å². The third-order valence-corrected chi connectivity index (χ3v) is 4.98. The third kappa shape index (κ3) is 1.63. The highest BCUT2D eigenvalue weighted by Crippen LogP contribution is 2.72. The molecule has 4 heterocycles. The van der Waals surface area contributed by atoms with E-state index in [4.69, 9.17) is 28.4 Å². The van der Waals surface area contributed by atoms with Gasteiger partial charge in [-0.05, 0) is 41.5 Å². The topological polar surface area (TPSA) is 58.7 Å². The largest absolute Gasteiger partial charge is 0.348 e. The molecule has 0 N–H and O–H groups in total. The van der Waals surface area contributed by atoms with Gasteiger partial charge in [-0.2, -0.15) is 0 Å². The monoisotopic (exact) mass is 300 g/mol. The van der Waals surface area contributed by atoms with Crippen LogP contribution in [0.2, 0.25) is 0 Å². The Balaban J connectivity index is 1.60. The number of ether oxygens (including phenoxy) is 6. The minimum atomic E-state index is -0.765. The van der Waals surface area contributed by atoms with Crippen LogP contribution in [0.15, 0.2) is 0 Å². The van der Waals surface area contributed by atoms with Crippen molar-refractivity contribution in [3.63, 3.8) is 0 Å². The van der Waals surface area contributed by atoms with Gasteiger partial charge in [0, 0.05) is 0 Å². The molecule has 0 unspecified atom stereocenters. The zero-order valence-corrected chi connectivity index (χ0v) is 13.5. The number of fused-ring (bicyclic) bond motifs is 1. The molecule has 0 aliphatic carbocycles. The van der Waals surface area contributed by atoms with Crippen molar-refractivity contribution < 1.29 is 28.4 Å². The fraction of sp³-hybridized carbons (Fsp3) is 1.00. The first kappa shape index (κ1) is 14.4. The Labute approximate surface area is 125 Å². The molecular weight excluding hydrogens is 276 g/mol. The van der Waals surface area contributed by atoms with E-state index in [-0.39, 0.29) is 12.2 Å². The third-order valence-electron chi connectivity index (χ3n) is 4.98. The molecule has 0 aromatic heterocycles. The molecule has 0 aromatic rings. The van der Waals surface area contributed by atoms with Gasteiger partial charge in [0.15, 0.2) is 17.2 Å². The molecule has 4 atom stereocenters. The van der Waals surface area contributed by atoms with Crippen molar-refractivity contribution in [1.82, 2.24) is 0 Å². The van der Waals surface area contributed by atoms with Crippen molar-refractivity contribution in [3.05, 3.63) is 0 Å². The average Bonchev–Trinajstić information content (AvgIpc) is 2.59. The number of rotatable bonds is 2. The number of hydrogen-bond acceptors (Lipinski definition) is 6. The summed E-state index contributed by atoms with van der Waals surface area (Å²) in [5.74, 6) is -1.96. The second-order valence-corrected chi connectivity index (χ2v) is 7.75. The van der Waals surface area contributed by atoms with Crippen molar-refractivity contribution in [2.75, 3.05) is 13.2 Å². The van der Waals surface area contributed by atoms with Gasteiger partial charge in [-0.1, -0.05) is 0 Å². The van der Waals surface area contributed by atoms with E-state index >= 15 is 0 Å². The van der Waals surface area contributed by atoms with E-state index in [2.05, 4.69) is 0 Å². The molecule has 4 aliphatic heterocycles. The zero-order chi connectivity index (χ0) is 15.3. The van der Waals surface area contributed by atoms with E-state index in [1.165, 1.54) is 0 Å². The van der Waals surface area contributed by atoms with Crippen LogP contribution in [0.5, 0.6) is 0 Å². The van der Waals surface area contributed by atoms with Crippen molar-refractivity contribution in [2.24, 2.45) is 0 Å². The van der Waals surface area contributed by atoms with E-state index in [0.29, 0.717) is 13.2 Å². The van der Waals surface area contributed by atoms with E-state index in [1.54, 1.807) is 0 Å². The van der Waals surface area contributed by atoms with Gasteiger partial charge in [-0.15, -0.1) is 0 Å². The summed E-state index contributed by atoms with van der Waals surface area (Å²) in [5.41, 5.74) is -0.959. The highest BCUT2D eigenvalue weighted by molar-refractivity contribution is 5.34. The van der Waals surface area contributed by atoms with Gasteiger partial charge in [0.1, 0.15) is 17.8 Å². The molecule has 0 aromatic carbocycles. The standard InChI is InChI=1S/C15H24O6/c1-11(2)14(9-7-16-12(3,4)18-9)15(20-11,21-14)10-8-17-13(5,6)19-10/h9-10H,7-8H2,1-6H3/t9-,10-,14-,15-/m0/s1. The fourth-order valence-electron chi connectivity index (χ4n) is 4.07. The molecule has 4 rings (SSSR count). The Morgan fingerprint density at radius 3 is 1.67 bits per heavy atom. The summed E-state index contributed by atoms with van der Waals surface area (Å²) < 4.78 is 35.6. The molecule has 0 bridgehead atoms. The minimum Gasteiger partial charge on any atom is -0.348 e. The molecule has 0 amide bonds. The lowest BCUT2D eigenvalue weighted by molar-refractivity contribution is -0.277. The molecule has 4 aliphatic rings. The van der Waals surface area contributed by atoms with Crippen molar-refractivity contribution in [2.45, 2.75) is 82.3 Å². The van der Waals surface area contributed by atoms with Gasteiger partial charge in [0.2, 0.25) is 5.79 Å². The molecule has 120 valence electrons. The number of hydrogen-bond donors (Lipinski definition) is 0. The molecule has 6 nitrogen and oxygen atoms in total. The maximum absolute atomic E-state index is 6.14. The molecule has 0 saturated carbocycles. The summed E-state index contributed by atoms with van der Waals surface area (Å²) in [7, 11) is 0. The van der Waals surface area contributed by atoms with E-state index in [0.717, 1.165) is 0 Å². The van der Waals surface area contributed by atoms with Crippen LogP contribution in [0.3, 0.4) is 0 Å². The van der Waals surface area contributed by atoms with Crippen LogP contribution in [0.1, 0.15) is 41.5 Å². The molecular formula is C15H24O6. The average molecular weight is 300 g/mol. The zero-order valence-electron chi connectivity index (χ0n) is 13.5. The molecule has 0 spiro atoms. The van der Waals surface area contributed by atoms with E-state index in [9.17, 15) is 0 Å². The molecule has 21 heavy (non-hydrogen) atoms. The Hall–Kier alpha value is -0.240. The summed E-state index contributed by atoms with van der Waals surface area (Å²) in [6.45, 7) is 12.6. The smallest absolute Gasteiger partial charge is 0.234 e. The predicted molar refractivity (Wildman–Crippen MR) is 71.5 cm³/mol.